The molecule has 4 heteroatoms. The van der Waals surface area contributed by atoms with Crippen LogP contribution < -0.4 is 0 Å². The van der Waals surface area contributed by atoms with Crippen LogP contribution in [0.5, 0.6) is 0 Å². The number of halogens is 2. The first-order chi connectivity index (χ1) is 7.39. The molecule has 2 saturated heterocycles. The Morgan fingerprint density at radius 3 is 2.44 bits per heavy atom. The molecule has 0 bridgehead atoms. The summed E-state index contributed by atoms with van der Waals surface area (Å²) in [5.41, 5.74) is -0.742. The van der Waals surface area contributed by atoms with Gasteiger partial charge in [0.15, 0.2) is 0 Å². The molecule has 1 saturated carbocycles. The van der Waals surface area contributed by atoms with Crippen LogP contribution in [0.4, 0.5) is 8.78 Å². The summed E-state index contributed by atoms with van der Waals surface area (Å²) in [7, 11) is 0. The average Bonchev–Trinajstić information content (AvgIpc) is 2.61. The Hall–Kier alpha value is -0.220. The van der Waals surface area contributed by atoms with E-state index in [9.17, 15) is 8.78 Å². The molecule has 0 amide bonds. The molecule has 1 aliphatic carbocycles. The van der Waals surface area contributed by atoms with E-state index >= 15 is 0 Å². The van der Waals surface area contributed by atoms with Crippen LogP contribution in [0, 0.1) is 5.41 Å². The van der Waals surface area contributed by atoms with Gasteiger partial charge in [0.1, 0.15) is 0 Å². The summed E-state index contributed by atoms with van der Waals surface area (Å²) >= 11 is 0. The van der Waals surface area contributed by atoms with E-state index in [0.717, 1.165) is 13.0 Å². The molecule has 1 spiro atoms. The van der Waals surface area contributed by atoms with Gasteiger partial charge < -0.3 is 4.74 Å². The molecule has 0 N–H and O–H groups in total. The zero-order chi connectivity index (χ0) is 11.6. The summed E-state index contributed by atoms with van der Waals surface area (Å²) in [6.45, 7) is 6.18. The van der Waals surface area contributed by atoms with Gasteiger partial charge >= 0.3 is 0 Å². The molecule has 2 nitrogen and oxygen atoms in total. The number of hydrogen-bond acceptors (Lipinski definition) is 2. The molecular weight excluding hydrogens is 212 g/mol. The summed E-state index contributed by atoms with van der Waals surface area (Å²) in [6, 6.07) is 0. The molecule has 0 aromatic heterocycles. The van der Waals surface area contributed by atoms with E-state index in [0.29, 0.717) is 19.6 Å². The van der Waals surface area contributed by atoms with Crippen molar-refractivity contribution in [2.75, 3.05) is 19.7 Å². The van der Waals surface area contributed by atoms with Gasteiger partial charge in [-0.05, 0) is 26.7 Å². The van der Waals surface area contributed by atoms with Crippen LogP contribution in [0.3, 0.4) is 0 Å². The fourth-order valence-electron chi connectivity index (χ4n) is 3.36. The lowest BCUT2D eigenvalue weighted by molar-refractivity contribution is -0.0648. The molecule has 2 heterocycles. The summed E-state index contributed by atoms with van der Waals surface area (Å²) < 4.78 is 32.4. The fraction of sp³-hybridized carbons (Fsp3) is 1.00. The third-order valence-electron chi connectivity index (χ3n) is 4.58. The molecule has 2 aliphatic heterocycles. The lowest BCUT2D eigenvalue weighted by Crippen LogP contribution is -2.58. The van der Waals surface area contributed by atoms with Crippen molar-refractivity contribution in [1.29, 1.82) is 0 Å². The number of ether oxygens (including phenoxy) is 1. The zero-order valence-corrected chi connectivity index (χ0v) is 9.93. The van der Waals surface area contributed by atoms with E-state index in [1.165, 1.54) is 0 Å². The summed E-state index contributed by atoms with van der Waals surface area (Å²) in [5.74, 6) is -2.41. The van der Waals surface area contributed by atoms with E-state index in [-0.39, 0.29) is 18.1 Å². The molecule has 0 unspecified atom stereocenters. The van der Waals surface area contributed by atoms with Gasteiger partial charge in [-0.15, -0.1) is 0 Å². The second-order valence-electron chi connectivity index (χ2n) is 6.09. The predicted molar refractivity (Wildman–Crippen MR) is 56.6 cm³/mol. The molecule has 0 radical (unpaired) electrons. The maximum absolute atomic E-state index is 13.4. The van der Waals surface area contributed by atoms with Gasteiger partial charge in [0.2, 0.25) is 0 Å². The monoisotopic (exact) mass is 231 g/mol. The Morgan fingerprint density at radius 1 is 1.31 bits per heavy atom. The first kappa shape index (κ1) is 10.9. The van der Waals surface area contributed by atoms with E-state index in [2.05, 4.69) is 4.90 Å². The zero-order valence-electron chi connectivity index (χ0n) is 9.93. The van der Waals surface area contributed by atoms with Crippen LogP contribution in [0.2, 0.25) is 0 Å². The van der Waals surface area contributed by atoms with E-state index in [1.807, 2.05) is 13.8 Å². The van der Waals surface area contributed by atoms with Crippen molar-refractivity contribution in [3.05, 3.63) is 0 Å². The molecule has 0 aromatic rings. The van der Waals surface area contributed by atoms with Crippen molar-refractivity contribution in [2.24, 2.45) is 5.41 Å². The molecule has 3 rings (SSSR count). The first-order valence-corrected chi connectivity index (χ1v) is 6.14. The third kappa shape index (κ3) is 1.29. The number of nitrogens with zero attached hydrogens (tertiary/aromatic N) is 1. The van der Waals surface area contributed by atoms with Crippen LogP contribution in [0.15, 0.2) is 0 Å². The highest BCUT2D eigenvalue weighted by atomic mass is 19.3. The van der Waals surface area contributed by atoms with Gasteiger partial charge in [0.25, 0.3) is 5.92 Å². The Morgan fingerprint density at radius 2 is 2.00 bits per heavy atom. The standard InChI is InChI=1S/C12H19F2NO/c1-9(2)16-8-11-3-4-15(11)7-10(5-11)6-12(10,13)14/h9H,3-8H2,1-2H3/t10-,11-/m0/s1. The molecule has 3 fully saturated rings. The van der Waals surface area contributed by atoms with Crippen molar-refractivity contribution in [1.82, 2.24) is 4.90 Å². The van der Waals surface area contributed by atoms with Gasteiger partial charge in [0, 0.05) is 25.0 Å². The van der Waals surface area contributed by atoms with Crippen molar-refractivity contribution >= 4 is 0 Å². The molecule has 92 valence electrons. The highest BCUT2D eigenvalue weighted by Crippen LogP contribution is 2.70. The summed E-state index contributed by atoms with van der Waals surface area (Å²) in [5, 5.41) is 0. The number of fused-ring (bicyclic) bond motifs is 1. The van der Waals surface area contributed by atoms with Gasteiger partial charge in [-0.1, -0.05) is 0 Å². The normalized spacial score (nSPS) is 44.8. The average molecular weight is 231 g/mol. The highest BCUT2D eigenvalue weighted by Gasteiger charge is 2.78. The largest absolute Gasteiger partial charge is 0.377 e. The highest BCUT2D eigenvalue weighted by molar-refractivity contribution is 5.23. The number of hydrogen-bond donors (Lipinski definition) is 0. The van der Waals surface area contributed by atoms with E-state index in [1.54, 1.807) is 0 Å². The number of rotatable bonds is 3. The minimum atomic E-state index is -2.41. The Kier molecular flexibility index (Phi) is 2.02. The van der Waals surface area contributed by atoms with Gasteiger partial charge in [-0.2, -0.15) is 0 Å². The molecular formula is C12H19F2NO. The molecule has 16 heavy (non-hydrogen) atoms. The van der Waals surface area contributed by atoms with Crippen molar-refractivity contribution in [3.8, 4) is 0 Å². The van der Waals surface area contributed by atoms with Crippen LogP contribution in [-0.2, 0) is 4.74 Å². The van der Waals surface area contributed by atoms with E-state index in [4.69, 9.17) is 4.74 Å². The third-order valence-corrected chi connectivity index (χ3v) is 4.58. The second kappa shape index (κ2) is 2.96. The maximum atomic E-state index is 13.4. The van der Waals surface area contributed by atoms with Crippen molar-refractivity contribution in [2.45, 2.75) is 50.7 Å². The van der Waals surface area contributed by atoms with Crippen LogP contribution >= 0.6 is 0 Å². The quantitative estimate of drug-likeness (QED) is 0.739. The van der Waals surface area contributed by atoms with Crippen LogP contribution in [0.1, 0.15) is 33.1 Å². The minimum Gasteiger partial charge on any atom is -0.377 e. The molecule has 0 aromatic carbocycles. The van der Waals surface area contributed by atoms with Crippen LogP contribution in [-0.4, -0.2) is 42.2 Å². The smallest absolute Gasteiger partial charge is 0.255 e. The topological polar surface area (TPSA) is 12.5 Å². The fourth-order valence-corrected chi connectivity index (χ4v) is 3.36. The maximum Gasteiger partial charge on any atom is 0.255 e. The van der Waals surface area contributed by atoms with Crippen LogP contribution in [0.25, 0.3) is 0 Å². The summed E-state index contributed by atoms with van der Waals surface area (Å²) in [6.07, 6.45) is 1.95. The van der Waals surface area contributed by atoms with Crippen molar-refractivity contribution < 1.29 is 13.5 Å². The summed E-state index contributed by atoms with van der Waals surface area (Å²) in [4.78, 5) is 2.22. The lowest BCUT2D eigenvalue weighted by Gasteiger charge is -2.48. The Balaban J connectivity index is 1.69. The predicted octanol–water partition coefficient (Wildman–Crippen LogP) is 2.29. The van der Waals surface area contributed by atoms with E-state index < -0.39 is 11.3 Å². The Labute approximate surface area is 94.9 Å². The first-order valence-electron chi connectivity index (χ1n) is 6.14. The lowest BCUT2D eigenvalue weighted by atomic mass is 9.83. The number of alkyl halides is 2. The molecule has 3 aliphatic rings. The van der Waals surface area contributed by atoms with Gasteiger partial charge in [-0.3, -0.25) is 4.90 Å². The van der Waals surface area contributed by atoms with Gasteiger partial charge in [-0.25, -0.2) is 8.78 Å². The SMILES string of the molecule is CC(C)OC[C@@]12CCN1C[C@@]1(CC1(F)F)C2. The second-order valence-corrected chi connectivity index (χ2v) is 6.09. The van der Waals surface area contributed by atoms with Gasteiger partial charge in [0.05, 0.1) is 18.1 Å². The van der Waals surface area contributed by atoms with Crippen molar-refractivity contribution in [3.63, 3.8) is 0 Å². The Bertz CT molecular complexity index is 320. The minimum absolute atomic E-state index is 0.0514. The molecule has 2 atom stereocenters.